The number of urea groups is 1. The molecule has 0 aliphatic carbocycles. The Morgan fingerprint density at radius 2 is 2.10 bits per heavy atom. The molecule has 9 heteroatoms. The molecule has 1 saturated heterocycles. The second-order valence-corrected chi connectivity index (χ2v) is 7.14. The molecule has 2 aliphatic rings. The van der Waals surface area contributed by atoms with Crippen LogP contribution in [0.3, 0.4) is 0 Å². The third kappa shape index (κ3) is 4.79. The van der Waals surface area contributed by atoms with Gasteiger partial charge in [-0.05, 0) is 38.0 Å². The Kier molecular flexibility index (Phi) is 6.58. The van der Waals surface area contributed by atoms with Crippen molar-refractivity contribution in [1.82, 2.24) is 10.2 Å². The largest absolute Gasteiger partial charge is 0.490 e. The summed E-state index contributed by atoms with van der Waals surface area (Å²) in [5, 5.41) is 5.35. The highest BCUT2D eigenvalue weighted by Crippen LogP contribution is 2.32. The molecule has 1 fully saturated rings. The number of nitrogens with one attached hydrogen (secondary N) is 2. The fraction of sp³-hybridized carbons (Fsp3) is 0.550. The van der Waals surface area contributed by atoms with Crippen molar-refractivity contribution >= 4 is 23.6 Å². The molecule has 29 heavy (non-hydrogen) atoms. The van der Waals surface area contributed by atoms with Crippen LogP contribution < -0.4 is 15.4 Å². The molecule has 158 valence electrons. The van der Waals surface area contributed by atoms with E-state index in [0.717, 1.165) is 0 Å². The van der Waals surface area contributed by atoms with Crippen molar-refractivity contribution in [1.29, 1.82) is 0 Å². The van der Waals surface area contributed by atoms with Gasteiger partial charge in [0.25, 0.3) is 5.91 Å². The molecule has 0 spiro atoms. The Morgan fingerprint density at radius 1 is 1.31 bits per heavy atom. The first kappa shape index (κ1) is 20.9. The van der Waals surface area contributed by atoms with Gasteiger partial charge in [-0.15, -0.1) is 0 Å². The highest BCUT2D eigenvalue weighted by molar-refractivity contribution is 5.99. The molecule has 1 aromatic carbocycles. The monoisotopic (exact) mass is 405 g/mol. The topological polar surface area (TPSA) is 106 Å². The minimum absolute atomic E-state index is 0.162. The van der Waals surface area contributed by atoms with E-state index in [1.165, 1.54) is 7.11 Å². The lowest BCUT2D eigenvalue weighted by Gasteiger charge is -2.42. The Hall–Kier alpha value is -2.81. The van der Waals surface area contributed by atoms with E-state index in [0.29, 0.717) is 36.4 Å². The molecule has 3 amide bonds. The first-order chi connectivity index (χ1) is 13.9. The molecule has 3 rings (SSSR count). The standard InChI is InChI=1S/C20H27N3O6/c1-4-21-20(26)22-12-5-8-16-14(9-12)19(25)23(2)15-7-6-13(10-18(24)27-3)29-17(15)11-28-16/h5,8-9,13,15,17H,4,6-7,10-11H2,1-3H3,(H2,21,22,26)/t13-,15-,17-/m0/s1. The summed E-state index contributed by atoms with van der Waals surface area (Å²) in [7, 11) is 3.09. The number of carbonyl (C=O) groups excluding carboxylic acids is 3. The average Bonchev–Trinajstić information content (AvgIpc) is 2.71. The summed E-state index contributed by atoms with van der Waals surface area (Å²) >= 11 is 0. The van der Waals surface area contributed by atoms with Crippen molar-refractivity contribution in [3.05, 3.63) is 23.8 Å². The molecule has 9 nitrogen and oxygen atoms in total. The normalized spacial score (nSPS) is 23.6. The van der Waals surface area contributed by atoms with Gasteiger partial charge in [0.2, 0.25) is 0 Å². The molecule has 0 unspecified atom stereocenters. The van der Waals surface area contributed by atoms with Crippen molar-refractivity contribution < 1.29 is 28.6 Å². The molecule has 0 bridgehead atoms. The fourth-order valence-corrected chi connectivity index (χ4v) is 3.71. The molecule has 0 saturated carbocycles. The Balaban J connectivity index is 1.77. The maximum Gasteiger partial charge on any atom is 0.319 e. The summed E-state index contributed by atoms with van der Waals surface area (Å²) < 4.78 is 16.7. The van der Waals surface area contributed by atoms with Gasteiger partial charge in [-0.25, -0.2) is 4.79 Å². The predicted octanol–water partition coefficient (Wildman–Crippen LogP) is 1.77. The van der Waals surface area contributed by atoms with Crippen LogP contribution in [0.2, 0.25) is 0 Å². The molecular formula is C20H27N3O6. The number of nitrogens with zero attached hydrogens (tertiary/aromatic N) is 1. The minimum Gasteiger partial charge on any atom is -0.490 e. The lowest BCUT2D eigenvalue weighted by atomic mass is 9.94. The molecule has 2 heterocycles. The van der Waals surface area contributed by atoms with Gasteiger partial charge < -0.3 is 29.7 Å². The van der Waals surface area contributed by atoms with Crippen molar-refractivity contribution in [2.75, 3.05) is 32.6 Å². The number of methoxy groups -OCH3 is 1. The number of likely N-dealkylation sites (N-methyl/N-ethyl adjacent to an activating group) is 1. The molecular weight excluding hydrogens is 378 g/mol. The van der Waals surface area contributed by atoms with Gasteiger partial charge in [0.05, 0.1) is 31.2 Å². The molecule has 2 N–H and O–H groups in total. The van der Waals surface area contributed by atoms with E-state index in [1.54, 1.807) is 30.1 Å². The van der Waals surface area contributed by atoms with E-state index in [4.69, 9.17) is 14.2 Å². The van der Waals surface area contributed by atoms with Gasteiger partial charge in [-0.3, -0.25) is 9.59 Å². The average molecular weight is 405 g/mol. The van der Waals surface area contributed by atoms with Gasteiger partial charge in [0.15, 0.2) is 0 Å². The van der Waals surface area contributed by atoms with Crippen LogP contribution in [-0.4, -0.2) is 68.4 Å². The zero-order valence-corrected chi connectivity index (χ0v) is 16.9. The highest BCUT2D eigenvalue weighted by Gasteiger charge is 2.39. The number of hydrogen-bond donors (Lipinski definition) is 2. The zero-order chi connectivity index (χ0) is 21.0. The van der Waals surface area contributed by atoms with E-state index in [-0.39, 0.29) is 49.2 Å². The van der Waals surface area contributed by atoms with Gasteiger partial charge in [0.1, 0.15) is 18.5 Å². The second kappa shape index (κ2) is 9.13. The molecule has 2 aliphatic heterocycles. The van der Waals surface area contributed by atoms with Crippen LogP contribution in [-0.2, 0) is 14.3 Å². The van der Waals surface area contributed by atoms with Gasteiger partial charge >= 0.3 is 12.0 Å². The van der Waals surface area contributed by atoms with Crippen LogP contribution in [0.1, 0.15) is 36.5 Å². The molecule has 0 aromatic heterocycles. The van der Waals surface area contributed by atoms with Crippen LogP contribution in [0, 0.1) is 0 Å². The number of hydrogen-bond acceptors (Lipinski definition) is 6. The van der Waals surface area contributed by atoms with Crippen molar-refractivity contribution in [2.24, 2.45) is 0 Å². The maximum atomic E-state index is 13.1. The summed E-state index contributed by atoms with van der Waals surface area (Å²) in [5.41, 5.74) is 0.896. The van der Waals surface area contributed by atoms with Crippen molar-refractivity contribution in [3.63, 3.8) is 0 Å². The van der Waals surface area contributed by atoms with Gasteiger partial charge in [-0.1, -0.05) is 0 Å². The number of esters is 1. The number of anilines is 1. The summed E-state index contributed by atoms with van der Waals surface area (Å²) in [6, 6.07) is 4.47. The SMILES string of the molecule is CCNC(=O)Nc1ccc2c(c1)C(=O)N(C)[C@H]1CC[C@@H](CC(=O)OC)O[C@H]1CO2. The van der Waals surface area contributed by atoms with Crippen LogP contribution in [0.4, 0.5) is 10.5 Å². The van der Waals surface area contributed by atoms with E-state index in [1.807, 2.05) is 6.92 Å². The second-order valence-electron chi connectivity index (χ2n) is 7.14. The van der Waals surface area contributed by atoms with Gasteiger partial charge in [-0.2, -0.15) is 0 Å². The molecule has 3 atom stereocenters. The lowest BCUT2D eigenvalue weighted by Crippen LogP contribution is -2.53. The fourth-order valence-electron chi connectivity index (χ4n) is 3.71. The number of amides is 3. The third-order valence-electron chi connectivity index (χ3n) is 5.23. The summed E-state index contributed by atoms with van der Waals surface area (Å²) in [6.45, 7) is 2.59. The molecule has 1 aromatic rings. The summed E-state index contributed by atoms with van der Waals surface area (Å²) in [4.78, 5) is 38.1. The Morgan fingerprint density at radius 3 is 2.83 bits per heavy atom. The zero-order valence-electron chi connectivity index (χ0n) is 16.9. The van der Waals surface area contributed by atoms with E-state index < -0.39 is 0 Å². The van der Waals surface area contributed by atoms with Crippen molar-refractivity contribution in [3.8, 4) is 5.75 Å². The summed E-state index contributed by atoms with van der Waals surface area (Å²) in [5.74, 6) is -0.0909. The first-order valence-electron chi connectivity index (χ1n) is 9.74. The molecule has 0 radical (unpaired) electrons. The first-order valence-corrected chi connectivity index (χ1v) is 9.74. The van der Waals surface area contributed by atoms with Gasteiger partial charge in [0, 0.05) is 19.3 Å². The number of benzene rings is 1. The number of carbonyl (C=O) groups is 3. The maximum absolute atomic E-state index is 13.1. The quantitative estimate of drug-likeness (QED) is 0.740. The number of rotatable bonds is 4. The third-order valence-corrected chi connectivity index (χ3v) is 5.23. The summed E-state index contributed by atoms with van der Waals surface area (Å²) in [6.07, 6.45) is 0.943. The van der Waals surface area contributed by atoms with E-state index in [9.17, 15) is 14.4 Å². The Bertz CT molecular complexity index is 783. The van der Waals surface area contributed by atoms with Crippen LogP contribution in [0.5, 0.6) is 5.75 Å². The lowest BCUT2D eigenvalue weighted by molar-refractivity contribution is -0.151. The van der Waals surface area contributed by atoms with Crippen LogP contribution in [0.15, 0.2) is 18.2 Å². The van der Waals surface area contributed by atoms with Crippen LogP contribution >= 0.6 is 0 Å². The van der Waals surface area contributed by atoms with Crippen LogP contribution in [0.25, 0.3) is 0 Å². The Labute approximate surface area is 169 Å². The number of fused-ring (bicyclic) bond motifs is 2. The van der Waals surface area contributed by atoms with Crippen molar-refractivity contribution in [2.45, 2.75) is 44.4 Å². The predicted molar refractivity (Wildman–Crippen MR) is 105 cm³/mol. The highest BCUT2D eigenvalue weighted by atomic mass is 16.5. The van der Waals surface area contributed by atoms with E-state index >= 15 is 0 Å². The number of ether oxygens (including phenoxy) is 3. The van der Waals surface area contributed by atoms with E-state index in [2.05, 4.69) is 10.6 Å². The minimum atomic E-state index is -0.339. The smallest absolute Gasteiger partial charge is 0.319 e.